The van der Waals surface area contributed by atoms with Crippen molar-refractivity contribution in [2.45, 2.75) is 38.3 Å². The zero-order valence-electron chi connectivity index (χ0n) is 11.6. The highest BCUT2D eigenvalue weighted by Crippen LogP contribution is 2.40. The van der Waals surface area contributed by atoms with Gasteiger partial charge in [0, 0.05) is 24.9 Å². The van der Waals surface area contributed by atoms with Crippen LogP contribution < -0.4 is 10.1 Å². The van der Waals surface area contributed by atoms with E-state index in [0.717, 1.165) is 49.7 Å². The van der Waals surface area contributed by atoms with Gasteiger partial charge in [0.1, 0.15) is 0 Å². The third kappa shape index (κ3) is 2.39. The van der Waals surface area contributed by atoms with Gasteiger partial charge in [-0.25, -0.2) is 4.68 Å². The molecule has 110 valence electrons. The Bertz CT molecular complexity index is 647. The van der Waals surface area contributed by atoms with Crippen LogP contribution in [-0.4, -0.2) is 32.5 Å². The summed E-state index contributed by atoms with van der Waals surface area (Å²) in [6.07, 6.45) is 4.84. The van der Waals surface area contributed by atoms with E-state index in [4.69, 9.17) is 4.74 Å². The molecule has 1 amide bonds. The lowest BCUT2D eigenvalue weighted by molar-refractivity contribution is 0.0949. The van der Waals surface area contributed by atoms with Gasteiger partial charge >= 0.3 is 0 Å². The molecule has 1 saturated carbocycles. The maximum Gasteiger partial charge on any atom is 0.255 e. The second-order valence-corrected chi connectivity index (χ2v) is 5.55. The molecule has 0 unspecified atom stereocenters. The molecule has 21 heavy (non-hydrogen) atoms. The van der Waals surface area contributed by atoms with Crippen molar-refractivity contribution in [1.82, 2.24) is 25.3 Å². The molecule has 2 aromatic heterocycles. The summed E-state index contributed by atoms with van der Waals surface area (Å²) in [5, 5.41) is 14.3. The van der Waals surface area contributed by atoms with Gasteiger partial charge in [0.15, 0.2) is 0 Å². The zero-order chi connectivity index (χ0) is 14.2. The molecule has 4 rings (SSSR count). The van der Waals surface area contributed by atoms with Crippen molar-refractivity contribution >= 4 is 5.91 Å². The number of fused-ring (bicyclic) bond motifs is 1. The highest BCUT2D eigenvalue weighted by Gasteiger charge is 2.29. The van der Waals surface area contributed by atoms with Crippen LogP contribution in [0.15, 0.2) is 12.3 Å². The van der Waals surface area contributed by atoms with Crippen molar-refractivity contribution in [1.29, 1.82) is 0 Å². The van der Waals surface area contributed by atoms with E-state index in [1.807, 2.05) is 10.7 Å². The lowest BCUT2D eigenvalue weighted by Gasteiger charge is -2.13. The summed E-state index contributed by atoms with van der Waals surface area (Å²) in [5.41, 5.74) is 2.43. The fourth-order valence-electron chi connectivity index (χ4n) is 2.63. The van der Waals surface area contributed by atoms with E-state index in [2.05, 4.69) is 20.6 Å². The van der Waals surface area contributed by atoms with Gasteiger partial charge in [-0.2, -0.15) is 10.2 Å². The van der Waals surface area contributed by atoms with Crippen molar-refractivity contribution in [2.24, 2.45) is 0 Å². The summed E-state index contributed by atoms with van der Waals surface area (Å²) in [6.45, 7) is 2.01. The number of amides is 1. The highest BCUT2D eigenvalue weighted by atomic mass is 16.5. The molecule has 0 radical (unpaired) electrons. The van der Waals surface area contributed by atoms with Crippen molar-refractivity contribution in [3.05, 3.63) is 29.2 Å². The number of ether oxygens (including phenoxy) is 1. The Morgan fingerprint density at radius 3 is 3.24 bits per heavy atom. The molecular formula is C14H17N5O2. The first-order valence-corrected chi connectivity index (χ1v) is 7.32. The van der Waals surface area contributed by atoms with Crippen LogP contribution in [0.4, 0.5) is 0 Å². The number of H-pyrrole nitrogens is 1. The van der Waals surface area contributed by atoms with Crippen LogP contribution in [0.1, 0.15) is 46.9 Å². The number of nitrogens with one attached hydrogen (secondary N) is 2. The Labute approximate surface area is 121 Å². The van der Waals surface area contributed by atoms with Crippen LogP contribution >= 0.6 is 0 Å². The quantitative estimate of drug-likeness (QED) is 0.884. The van der Waals surface area contributed by atoms with Gasteiger partial charge in [0.2, 0.25) is 5.88 Å². The molecule has 0 bridgehead atoms. The van der Waals surface area contributed by atoms with Crippen LogP contribution in [0.25, 0.3) is 0 Å². The van der Waals surface area contributed by atoms with Gasteiger partial charge in [-0.15, -0.1) is 0 Å². The summed E-state index contributed by atoms with van der Waals surface area (Å²) in [6, 6.07) is 1.89. The van der Waals surface area contributed by atoms with Gasteiger partial charge in [-0.05, 0) is 12.8 Å². The first kappa shape index (κ1) is 12.4. The average molecular weight is 287 g/mol. The van der Waals surface area contributed by atoms with Crippen LogP contribution in [0.5, 0.6) is 5.88 Å². The highest BCUT2D eigenvalue weighted by molar-refractivity contribution is 5.95. The SMILES string of the molecule is O=C(NCc1cc2n(n1)CCCO2)c1cn[nH]c1C1CC1. The lowest BCUT2D eigenvalue weighted by atomic mass is 10.1. The summed E-state index contributed by atoms with van der Waals surface area (Å²) >= 11 is 0. The zero-order valence-corrected chi connectivity index (χ0v) is 11.6. The fraction of sp³-hybridized carbons (Fsp3) is 0.500. The molecule has 0 atom stereocenters. The number of aromatic amines is 1. The summed E-state index contributed by atoms with van der Waals surface area (Å²) in [7, 11) is 0. The second kappa shape index (κ2) is 4.91. The van der Waals surface area contributed by atoms with Gasteiger partial charge in [-0.3, -0.25) is 9.89 Å². The molecule has 7 heteroatoms. The topological polar surface area (TPSA) is 84.8 Å². The Kier molecular flexibility index (Phi) is 2.90. The monoisotopic (exact) mass is 287 g/mol. The first-order valence-electron chi connectivity index (χ1n) is 7.32. The molecule has 2 aliphatic rings. The number of carbonyl (C=O) groups excluding carboxylic acids is 1. The predicted octanol–water partition coefficient (Wildman–Crippen LogP) is 1.20. The summed E-state index contributed by atoms with van der Waals surface area (Å²) in [5.74, 6) is 1.16. The third-order valence-corrected chi connectivity index (χ3v) is 3.89. The molecule has 1 aliphatic carbocycles. The number of rotatable bonds is 4. The van der Waals surface area contributed by atoms with Gasteiger partial charge in [0.05, 0.1) is 36.3 Å². The summed E-state index contributed by atoms with van der Waals surface area (Å²) < 4.78 is 7.36. The van der Waals surface area contributed by atoms with Gasteiger partial charge in [0.25, 0.3) is 5.91 Å². The Balaban J connectivity index is 1.43. The Morgan fingerprint density at radius 1 is 1.52 bits per heavy atom. The number of carbonyl (C=O) groups is 1. The molecule has 2 aromatic rings. The number of aryl methyl sites for hydroxylation is 1. The van der Waals surface area contributed by atoms with E-state index in [9.17, 15) is 4.79 Å². The lowest BCUT2D eigenvalue weighted by Crippen LogP contribution is -2.23. The van der Waals surface area contributed by atoms with E-state index in [-0.39, 0.29) is 5.91 Å². The van der Waals surface area contributed by atoms with E-state index < -0.39 is 0 Å². The van der Waals surface area contributed by atoms with E-state index in [1.165, 1.54) is 0 Å². The van der Waals surface area contributed by atoms with Crippen molar-refractivity contribution < 1.29 is 9.53 Å². The number of hydrogen-bond acceptors (Lipinski definition) is 4. The van der Waals surface area contributed by atoms with Crippen molar-refractivity contribution in [2.75, 3.05) is 6.61 Å². The minimum absolute atomic E-state index is 0.0995. The van der Waals surface area contributed by atoms with Crippen molar-refractivity contribution in [3.63, 3.8) is 0 Å². The van der Waals surface area contributed by atoms with Crippen LogP contribution in [0.3, 0.4) is 0 Å². The largest absolute Gasteiger partial charge is 0.478 e. The van der Waals surface area contributed by atoms with Gasteiger partial charge < -0.3 is 10.1 Å². The van der Waals surface area contributed by atoms with E-state index in [1.54, 1.807) is 6.20 Å². The van der Waals surface area contributed by atoms with Crippen LogP contribution in [-0.2, 0) is 13.1 Å². The number of aromatic nitrogens is 4. The minimum Gasteiger partial charge on any atom is -0.478 e. The smallest absolute Gasteiger partial charge is 0.255 e. The Hall–Kier alpha value is -2.31. The van der Waals surface area contributed by atoms with Crippen LogP contribution in [0, 0.1) is 0 Å². The maximum atomic E-state index is 12.2. The maximum absolute atomic E-state index is 12.2. The minimum atomic E-state index is -0.0995. The van der Waals surface area contributed by atoms with E-state index >= 15 is 0 Å². The fourth-order valence-corrected chi connectivity index (χ4v) is 2.63. The molecule has 3 heterocycles. The molecule has 0 aromatic carbocycles. The normalized spacial score (nSPS) is 17.1. The second-order valence-electron chi connectivity index (χ2n) is 5.55. The van der Waals surface area contributed by atoms with E-state index in [0.29, 0.717) is 18.0 Å². The first-order chi connectivity index (χ1) is 10.3. The molecular weight excluding hydrogens is 270 g/mol. The standard InChI is InChI=1S/C14H17N5O2/c20-14(11-8-16-17-13(11)9-2-3-9)15-7-10-6-12-19(18-10)4-1-5-21-12/h6,8-9H,1-5,7H2,(H,15,20)(H,16,17). The molecule has 1 fully saturated rings. The van der Waals surface area contributed by atoms with Gasteiger partial charge in [-0.1, -0.05) is 0 Å². The summed E-state index contributed by atoms with van der Waals surface area (Å²) in [4.78, 5) is 12.2. The number of nitrogens with zero attached hydrogens (tertiary/aromatic N) is 3. The molecule has 7 nitrogen and oxygen atoms in total. The molecule has 2 N–H and O–H groups in total. The number of hydrogen-bond donors (Lipinski definition) is 2. The predicted molar refractivity (Wildman–Crippen MR) is 74.1 cm³/mol. The van der Waals surface area contributed by atoms with Crippen molar-refractivity contribution in [3.8, 4) is 5.88 Å². The Morgan fingerprint density at radius 2 is 2.43 bits per heavy atom. The molecule has 0 saturated heterocycles. The molecule has 1 aliphatic heterocycles. The average Bonchev–Trinajstić information content (AvgIpc) is 3.08. The molecule has 0 spiro atoms. The van der Waals surface area contributed by atoms with Crippen LogP contribution in [0.2, 0.25) is 0 Å². The third-order valence-electron chi connectivity index (χ3n) is 3.89.